The average Bonchev–Trinajstić information content (AvgIpc) is 2.29. The van der Waals surface area contributed by atoms with Gasteiger partial charge in [-0.15, -0.1) is 0 Å². The van der Waals surface area contributed by atoms with Gasteiger partial charge in [0.05, 0.1) is 0 Å². The van der Waals surface area contributed by atoms with E-state index in [-0.39, 0.29) is 13.2 Å². The number of ether oxygens (including phenoxy) is 2. The molecule has 0 aliphatic rings. The van der Waals surface area contributed by atoms with E-state index in [1.165, 1.54) is 13.2 Å². The second-order valence-corrected chi connectivity index (χ2v) is 3.04. The van der Waals surface area contributed by atoms with Gasteiger partial charge in [0.1, 0.15) is 17.9 Å². The van der Waals surface area contributed by atoms with Gasteiger partial charge < -0.3 is 14.3 Å². The number of rotatable bonds is 6. The molecule has 0 unspecified atom stereocenters. The fraction of sp³-hybridized carbons (Fsp3) is 0.250. The molecule has 0 radical (unpaired) electrons. The Morgan fingerprint density at radius 1 is 1.44 bits per heavy atom. The van der Waals surface area contributed by atoms with Crippen molar-refractivity contribution in [1.29, 1.82) is 0 Å². The molecule has 0 saturated heterocycles. The molecule has 16 heavy (non-hydrogen) atoms. The molecule has 0 aliphatic carbocycles. The van der Waals surface area contributed by atoms with Gasteiger partial charge in [-0.05, 0) is 12.1 Å². The van der Waals surface area contributed by atoms with Crippen LogP contribution in [0.1, 0.15) is 12.0 Å². The molecule has 1 rings (SSSR count). The van der Waals surface area contributed by atoms with Crippen molar-refractivity contribution in [3.8, 4) is 5.75 Å². The molecule has 0 amide bonds. The first-order chi connectivity index (χ1) is 7.77. The highest BCUT2D eigenvalue weighted by molar-refractivity contribution is 5.58. The van der Waals surface area contributed by atoms with Crippen LogP contribution < -0.4 is 4.74 Å². The predicted octanol–water partition coefficient (Wildman–Crippen LogP) is 2.41. The second-order valence-electron chi connectivity index (χ2n) is 3.04. The SMILES string of the molecule is COCOc1ccc(C=CCC=O)c(F)c1. The van der Waals surface area contributed by atoms with E-state index < -0.39 is 5.82 Å². The van der Waals surface area contributed by atoms with Gasteiger partial charge in [0.2, 0.25) is 0 Å². The maximum Gasteiger partial charge on any atom is 0.188 e. The lowest BCUT2D eigenvalue weighted by atomic mass is 10.2. The molecular weight excluding hydrogens is 211 g/mol. The molecule has 0 saturated carbocycles. The van der Waals surface area contributed by atoms with Gasteiger partial charge in [-0.1, -0.05) is 12.2 Å². The van der Waals surface area contributed by atoms with Gasteiger partial charge in [0.15, 0.2) is 6.79 Å². The van der Waals surface area contributed by atoms with E-state index in [4.69, 9.17) is 9.47 Å². The Hall–Kier alpha value is -1.68. The lowest BCUT2D eigenvalue weighted by Gasteiger charge is -2.05. The highest BCUT2D eigenvalue weighted by atomic mass is 19.1. The first-order valence-corrected chi connectivity index (χ1v) is 4.79. The van der Waals surface area contributed by atoms with Crippen LogP contribution in [0, 0.1) is 5.82 Å². The molecule has 4 heteroatoms. The van der Waals surface area contributed by atoms with Gasteiger partial charge >= 0.3 is 0 Å². The Morgan fingerprint density at radius 3 is 2.88 bits per heavy atom. The highest BCUT2D eigenvalue weighted by Gasteiger charge is 2.01. The highest BCUT2D eigenvalue weighted by Crippen LogP contribution is 2.17. The Balaban J connectivity index is 2.70. The fourth-order valence-electron chi connectivity index (χ4n) is 1.11. The maximum atomic E-state index is 13.4. The third-order valence-corrected chi connectivity index (χ3v) is 1.85. The summed E-state index contributed by atoms with van der Waals surface area (Å²) in [5, 5.41) is 0. The van der Waals surface area contributed by atoms with Crippen molar-refractivity contribution in [2.24, 2.45) is 0 Å². The first-order valence-electron chi connectivity index (χ1n) is 4.79. The Bertz CT molecular complexity index is 375. The minimum atomic E-state index is -0.393. The first kappa shape index (κ1) is 12.4. The molecule has 0 atom stereocenters. The molecule has 0 aliphatic heterocycles. The lowest BCUT2D eigenvalue weighted by Crippen LogP contribution is -1.99. The molecular formula is C12H13FO3. The molecule has 0 spiro atoms. The zero-order valence-electron chi connectivity index (χ0n) is 8.98. The lowest BCUT2D eigenvalue weighted by molar-refractivity contribution is -0.107. The van der Waals surface area contributed by atoms with Crippen LogP contribution >= 0.6 is 0 Å². The van der Waals surface area contributed by atoms with E-state index in [1.807, 2.05) is 0 Å². The Kier molecular flexibility index (Phi) is 5.22. The summed E-state index contributed by atoms with van der Waals surface area (Å²) in [5.41, 5.74) is 0.423. The monoisotopic (exact) mass is 224 g/mol. The standard InChI is InChI=1S/C12H13FO3/c1-15-9-16-11-6-5-10(12(13)8-11)4-2-3-7-14/h2,4-8H,3,9H2,1H3. The van der Waals surface area contributed by atoms with E-state index in [2.05, 4.69) is 0 Å². The smallest absolute Gasteiger partial charge is 0.188 e. The summed E-state index contributed by atoms with van der Waals surface area (Å²) in [6, 6.07) is 4.50. The van der Waals surface area contributed by atoms with Crippen LogP contribution in [-0.4, -0.2) is 20.2 Å². The van der Waals surface area contributed by atoms with Crippen molar-refractivity contribution in [3.63, 3.8) is 0 Å². The molecule has 0 bridgehead atoms. The predicted molar refractivity (Wildman–Crippen MR) is 58.6 cm³/mol. The number of benzene rings is 1. The molecule has 0 N–H and O–H groups in total. The molecule has 0 heterocycles. The minimum absolute atomic E-state index is 0.0831. The number of methoxy groups -OCH3 is 1. The number of hydrogen-bond donors (Lipinski definition) is 0. The van der Waals surface area contributed by atoms with Gasteiger partial charge in [-0.2, -0.15) is 0 Å². The third-order valence-electron chi connectivity index (χ3n) is 1.85. The summed E-state index contributed by atoms with van der Waals surface area (Å²) in [4.78, 5) is 10.1. The molecule has 3 nitrogen and oxygen atoms in total. The van der Waals surface area contributed by atoms with Crippen LogP contribution in [0.2, 0.25) is 0 Å². The minimum Gasteiger partial charge on any atom is -0.467 e. The van der Waals surface area contributed by atoms with E-state index in [0.29, 0.717) is 11.3 Å². The number of carbonyl (C=O) groups is 1. The summed E-state index contributed by atoms with van der Waals surface area (Å²) in [6.45, 7) is 0.0831. The molecule has 0 fully saturated rings. The van der Waals surface area contributed by atoms with Crippen molar-refractivity contribution in [2.75, 3.05) is 13.9 Å². The van der Waals surface area contributed by atoms with Crippen LogP contribution in [0.3, 0.4) is 0 Å². The van der Waals surface area contributed by atoms with Crippen molar-refractivity contribution < 1.29 is 18.7 Å². The summed E-state index contributed by atoms with van der Waals surface area (Å²) >= 11 is 0. The van der Waals surface area contributed by atoms with Crippen LogP contribution in [0.15, 0.2) is 24.3 Å². The van der Waals surface area contributed by atoms with E-state index in [9.17, 15) is 9.18 Å². The summed E-state index contributed by atoms with van der Waals surface area (Å²) < 4.78 is 23.2. The second kappa shape index (κ2) is 6.74. The average molecular weight is 224 g/mol. The van der Waals surface area contributed by atoms with E-state index in [1.54, 1.807) is 24.3 Å². The zero-order chi connectivity index (χ0) is 11.8. The Morgan fingerprint density at radius 2 is 2.25 bits per heavy atom. The maximum absolute atomic E-state index is 13.4. The third kappa shape index (κ3) is 3.82. The normalized spacial score (nSPS) is 10.6. The summed E-state index contributed by atoms with van der Waals surface area (Å²) in [7, 11) is 1.49. The number of aldehydes is 1. The van der Waals surface area contributed by atoms with E-state index >= 15 is 0 Å². The van der Waals surface area contributed by atoms with Gasteiger partial charge in [0, 0.05) is 25.2 Å². The van der Waals surface area contributed by atoms with Crippen molar-refractivity contribution in [2.45, 2.75) is 6.42 Å². The van der Waals surface area contributed by atoms with Crippen LogP contribution in [0.5, 0.6) is 5.75 Å². The number of halogens is 1. The topological polar surface area (TPSA) is 35.5 Å². The number of carbonyl (C=O) groups excluding carboxylic acids is 1. The molecule has 1 aromatic carbocycles. The van der Waals surface area contributed by atoms with Gasteiger partial charge in [-0.3, -0.25) is 0 Å². The van der Waals surface area contributed by atoms with Crippen LogP contribution in [-0.2, 0) is 9.53 Å². The Labute approximate surface area is 93.5 Å². The van der Waals surface area contributed by atoms with Crippen molar-refractivity contribution in [1.82, 2.24) is 0 Å². The fourth-order valence-corrected chi connectivity index (χ4v) is 1.11. The number of allylic oxidation sites excluding steroid dienone is 1. The quantitative estimate of drug-likeness (QED) is 0.550. The van der Waals surface area contributed by atoms with Crippen molar-refractivity contribution in [3.05, 3.63) is 35.7 Å². The molecule has 86 valence electrons. The zero-order valence-corrected chi connectivity index (χ0v) is 8.98. The van der Waals surface area contributed by atoms with Gasteiger partial charge in [-0.25, -0.2) is 4.39 Å². The largest absolute Gasteiger partial charge is 0.467 e. The molecule has 0 aromatic heterocycles. The number of hydrogen-bond acceptors (Lipinski definition) is 3. The summed E-state index contributed by atoms with van der Waals surface area (Å²) in [6.07, 6.45) is 4.19. The van der Waals surface area contributed by atoms with Crippen LogP contribution in [0.25, 0.3) is 6.08 Å². The van der Waals surface area contributed by atoms with Crippen molar-refractivity contribution >= 4 is 12.4 Å². The summed E-state index contributed by atoms with van der Waals surface area (Å²) in [5.74, 6) is 0.0163. The van der Waals surface area contributed by atoms with Gasteiger partial charge in [0.25, 0.3) is 0 Å². The van der Waals surface area contributed by atoms with E-state index in [0.717, 1.165) is 6.29 Å². The van der Waals surface area contributed by atoms with Crippen LogP contribution in [0.4, 0.5) is 4.39 Å². The molecule has 1 aromatic rings.